The van der Waals surface area contributed by atoms with Gasteiger partial charge in [0.2, 0.25) is 0 Å². The molecule has 0 amide bonds. The van der Waals surface area contributed by atoms with Crippen molar-refractivity contribution in [1.29, 1.82) is 0 Å². The van der Waals surface area contributed by atoms with Gasteiger partial charge in [0.1, 0.15) is 0 Å². The summed E-state index contributed by atoms with van der Waals surface area (Å²) in [7, 11) is 0. The van der Waals surface area contributed by atoms with Gasteiger partial charge in [-0.05, 0) is 22.9 Å². The number of nitrogens with zero attached hydrogens (tertiary/aromatic N) is 3. The van der Waals surface area contributed by atoms with Gasteiger partial charge in [-0.3, -0.25) is 4.68 Å². The highest BCUT2D eigenvalue weighted by molar-refractivity contribution is 9.10. The lowest BCUT2D eigenvalue weighted by Crippen LogP contribution is -1.99. The van der Waals surface area contributed by atoms with Crippen LogP contribution in [0.25, 0.3) is 0 Å². The summed E-state index contributed by atoms with van der Waals surface area (Å²) in [5, 5.41) is 4.18. The Balaban J connectivity index is 2.19. The standard InChI is InChI=1S/C8H8BrN3S/c1-6-8(13-5-10-6)4-12-3-7(9)2-11-12/h2-3,5H,4H2,1H3. The molecule has 0 saturated heterocycles. The van der Waals surface area contributed by atoms with Gasteiger partial charge in [0.25, 0.3) is 0 Å². The molecule has 0 aliphatic rings. The summed E-state index contributed by atoms with van der Waals surface area (Å²) in [5.41, 5.74) is 2.96. The van der Waals surface area contributed by atoms with E-state index in [1.807, 2.05) is 23.3 Å². The number of aryl methyl sites for hydroxylation is 1. The molecule has 0 aromatic carbocycles. The molecule has 2 rings (SSSR count). The van der Waals surface area contributed by atoms with Crippen molar-refractivity contribution >= 4 is 27.3 Å². The predicted octanol–water partition coefficient (Wildman–Crippen LogP) is 2.46. The first-order valence-corrected chi connectivity index (χ1v) is 5.50. The number of halogens is 1. The lowest BCUT2D eigenvalue weighted by molar-refractivity contribution is 0.690. The van der Waals surface area contributed by atoms with Crippen LogP contribution in [0.3, 0.4) is 0 Å². The zero-order chi connectivity index (χ0) is 9.26. The second kappa shape index (κ2) is 3.59. The van der Waals surface area contributed by atoms with Gasteiger partial charge < -0.3 is 0 Å². The second-order valence-corrected chi connectivity index (χ2v) is 4.57. The lowest BCUT2D eigenvalue weighted by atomic mass is 10.4. The summed E-state index contributed by atoms with van der Waals surface area (Å²) < 4.78 is 2.90. The molecule has 68 valence electrons. The highest BCUT2D eigenvalue weighted by atomic mass is 79.9. The maximum absolute atomic E-state index is 4.19. The Morgan fingerprint density at radius 2 is 2.46 bits per heavy atom. The third kappa shape index (κ3) is 1.97. The largest absolute Gasteiger partial charge is 0.266 e. The fraction of sp³-hybridized carbons (Fsp3) is 0.250. The molecule has 2 aromatic rings. The van der Waals surface area contributed by atoms with E-state index < -0.39 is 0 Å². The fourth-order valence-electron chi connectivity index (χ4n) is 1.05. The summed E-state index contributed by atoms with van der Waals surface area (Å²) in [5.74, 6) is 0. The molecule has 13 heavy (non-hydrogen) atoms. The molecule has 0 atom stereocenters. The molecule has 0 spiro atoms. The van der Waals surface area contributed by atoms with Crippen LogP contribution in [0.2, 0.25) is 0 Å². The van der Waals surface area contributed by atoms with Crippen LogP contribution in [0.1, 0.15) is 10.6 Å². The van der Waals surface area contributed by atoms with E-state index in [9.17, 15) is 0 Å². The van der Waals surface area contributed by atoms with E-state index >= 15 is 0 Å². The Kier molecular flexibility index (Phi) is 2.46. The van der Waals surface area contributed by atoms with Crippen molar-refractivity contribution in [3.8, 4) is 0 Å². The molecule has 2 heterocycles. The maximum Gasteiger partial charge on any atom is 0.0798 e. The van der Waals surface area contributed by atoms with Crippen molar-refractivity contribution < 1.29 is 0 Å². The molecule has 0 aliphatic carbocycles. The Morgan fingerprint density at radius 1 is 1.62 bits per heavy atom. The van der Waals surface area contributed by atoms with Gasteiger partial charge in [0.05, 0.1) is 28.4 Å². The van der Waals surface area contributed by atoms with Crippen molar-refractivity contribution in [2.24, 2.45) is 0 Å². The van der Waals surface area contributed by atoms with Gasteiger partial charge >= 0.3 is 0 Å². The highest BCUT2D eigenvalue weighted by Gasteiger charge is 2.02. The SMILES string of the molecule is Cc1ncsc1Cn1cc(Br)cn1. The van der Waals surface area contributed by atoms with E-state index in [0.717, 1.165) is 16.7 Å². The van der Waals surface area contributed by atoms with Crippen molar-refractivity contribution in [2.75, 3.05) is 0 Å². The van der Waals surface area contributed by atoms with Crippen LogP contribution in [0.15, 0.2) is 22.4 Å². The average molecular weight is 258 g/mol. The van der Waals surface area contributed by atoms with Crippen LogP contribution >= 0.6 is 27.3 Å². The normalized spacial score (nSPS) is 10.6. The molecule has 2 aromatic heterocycles. The van der Waals surface area contributed by atoms with Gasteiger partial charge in [0.15, 0.2) is 0 Å². The lowest BCUT2D eigenvalue weighted by Gasteiger charge is -1.97. The van der Waals surface area contributed by atoms with Crippen LogP contribution in [-0.2, 0) is 6.54 Å². The summed E-state index contributed by atoms with van der Waals surface area (Å²) >= 11 is 5.03. The van der Waals surface area contributed by atoms with Gasteiger partial charge in [-0.15, -0.1) is 11.3 Å². The van der Waals surface area contributed by atoms with Crippen molar-refractivity contribution in [3.63, 3.8) is 0 Å². The monoisotopic (exact) mass is 257 g/mol. The van der Waals surface area contributed by atoms with Crippen molar-refractivity contribution in [1.82, 2.24) is 14.8 Å². The van der Waals surface area contributed by atoms with E-state index in [1.165, 1.54) is 4.88 Å². The van der Waals surface area contributed by atoms with Crippen molar-refractivity contribution in [2.45, 2.75) is 13.5 Å². The minimum Gasteiger partial charge on any atom is -0.266 e. The first-order valence-electron chi connectivity index (χ1n) is 3.82. The minimum absolute atomic E-state index is 0.808. The first kappa shape index (κ1) is 8.90. The summed E-state index contributed by atoms with van der Waals surface area (Å²) in [6, 6.07) is 0. The zero-order valence-corrected chi connectivity index (χ0v) is 9.47. The van der Waals surface area contributed by atoms with Crippen molar-refractivity contribution in [3.05, 3.63) is 32.9 Å². The quantitative estimate of drug-likeness (QED) is 0.828. The van der Waals surface area contributed by atoms with E-state index in [2.05, 4.69) is 26.0 Å². The van der Waals surface area contributed by atoms with E-state index in [4.69, 9.17) is 0 Å². The molecule has 0 radical (unpaired) electrons. The smallest absolute Gasteiger partial charge is 0.0798 e. The molecular weight excluding hydrogens is 250 g/mol. The Hall–Kier alpha value is -0.680. The Labute approximate surface area is 88.6 Å². The second-order valence-electron chi connectivity index (χ2n) is 2.72. The van der Waals surface area contributed by atoms with Gasteiger partial charge in [0, 0.05) is 11.1 Å². The number of hydrogen-bond acceptors (Lipinski definition) is 3. The number of aromatic nitrogens is 3. The van der Waals surface area contributed by atoms with Crippen LogP contribution in [0, 0.1) is 6.92 Å². The van der Waals surface area contributed by atoms with E-state index in [-0.39, 0.29) is 0 Å². The molecule has 0 aliphatic heterocycles. The molecule has 0 N–H and O–H groups in total. The van der Waals surface area contributed by atoms with Crippen LogP contribution < -0.4 is 0 Å². The minimum atomic E-state index is 0.808. The number of hydrogen-bond donors (Lipinski definition) is 0. The predicted molar refractivity (Wildman–Crippen MR) is 55.9 cm³/mol. The molecule has 3 nitrogen and oxygen atoms in total. The highest BCUT2D eigenvalue weighted by Crippen LogP contribution is 2.14. The van der Waals surface area contributed by atoms with Crippen LogP contribution in [-0.4, -0.2) is 14.8 Å². The summed E-state index contributed by atoms with van der Waals surface area (Å²) in [4.78, 5) is 5.45. The maximum atomic E-state index is 4.19. The average Bonchev–Trinajstić information content (AvgIpc) is 2.64. The molecule has 0 fully saturated rings. The summed E-state index contributed by atoms with van der Waals surface area (Å²) in [6.07, 6.45) is 3.75. The van der Waals surface area contributed by atoms with Gasteiger partial charge in [-0.25, -0.2) is 4.98 Å². The molecular formula is C8H8BrN3S. The third-order valence-corrected chi connectivity index (χ3v) is 3.08. The van der Waals surface area contributed by atoms with Gasteiger partial charge in [-0.1, -0.05) is 0 Å². The first-order chi connectivity index (χ1) is 6.25. The zero-order valence-electron chi connectivity index (χ0n) is 7.07. The molecule has 0 saturated carbocycles. The Bertz CT molecular complexity index is 407. The van der Waals surface area contributed by atoms with Gasteiger partial charge in [-0.2, -0.15) is 5.10 Å². The van der Waals surface area contributed by atoms with Crippen LogP contribution in [0.4, 0.5) is 0 Å². The third-order valence-electron chi connectivity index (χ3n) is 1.75. The van der Waals surface area contributed by atoms with Crippen LogP contribution in [0.5, 0.6) is 0 Å². The van der Waals surface area contributed by atoms with E-state index in [1.54, 1.807) is 17.5 Å². The Morgan fingerprint density at radius 3 is 3.00 bits per heavy atom. The number of thiazole rings is 1. The van der Waals surface area contributed by atoms with E-state index in [0.29, 0.717) is 0 Å². The molecule has 0 bridgehead atoms. The summed E-state index contributed by atoms with van der Waals surface area (Å²) in [6.45, 7) is 2.83. The topological polar surface area (TPSA) is 30.7 Å². The number of rotatable bonds is 2. The fourth-order valence-corrected chi connectivity index (χ4v) is 2.15. The molecule has 5 heteroatoms. The molecule has 0 unspecified atom stereocenters.